The number of rotatable bonds is 1. The van der Waals surface area contributed by atoms with Gasteiger partial charge in [-0.15, -0.1) is 0 Å². The zero-order valence-electron chi connectivity index (χ0n) is 11.3. The fourth-order valence-electron chi connectivity index (χ4n) is 2.60. The smallest absolute Gasteiger partial charge is 0.220 e. The fraction of sp³-hybridized carbons (Fsp3) is 0.333. The highest BCUT2D eigenvalue weighted by atomic mass is 15.3. The third-order valence-electron chi connectivity index (χ3n) is 4.00. The maximum Gasteiger partial charge on any atom is 0.404 e. The van der Waals surface area contributed by atoms with E-state index in [1.54, 1.807) is 0 Å². The Hall–Kier alpha value is -1.90. The van der Waals surface area contributed by atoms with E-state index in [0.29, 0.717) is 0 Å². The van der Waals surface area contributed by atoms with Gasteiger partial charge in [-0.25, -0.2) is 4.57 Å². The van der Waals surface area contributed by atoms with Gasteiger partial charge in [-0.1, -0.05) is 23.2 Å². The van der Waals surface area contributed by atoms with Gasteiger partial charge in [0.15, 0.2) is 0 Å². The van der Waals surface area contributed by atoms with E-state index in [4.69, 9.17) is 0 Å². The molecular formula is C15H18N3+. The van der Waals surface area contributed by atoms with E-state index in [2.05, 4.69) is 72.3 Å². The molecule has 0 aliphatic carbocycles. The molecule has 0 amide bonds. The van der Waals surface area contributed by atoms with Crippen molar-refractivity contribution in [2.45, 2.75) is 33.2 Å². The van der Waals surface area contributed by atoms with E-state index in [1.807, 2.05) is 6.20 Å². The first-order valence-electron chi connectivity index (χ1n) is 6.27. The molecule has 3 rings (SSSR count). The highest BCUT2D eigenvalue weighted by Crippen LogP contribution is 2.35. The zero-order valence-corrected chi connectivity index (χ0v) is 11.3. The number of nitrogens with zero attached hydrogens (tertiary/aromatic N) is 3. The number of aromatic nitrogens is 2. The van der Waals surface area contributed by atoms with E-state index in [0.717, 1.165) is 5.95 Å². The van der Waals surface area contributed by atoms with Crippen molar-refractivity contribution in [3.63, 3.8) is 0 Å². The predicted molar refractivity (Wildman–Crippen MR) is 74.9 cm³/mol. The first-order valence-corrected chi connectivity index (χ1v) is 6.27. The SMILES string of the molecule is CC1=[N+](c2ccccc2C)c2nccn2C1(C)C. The summed E-state index contributed by atoms with van der Waals surface area (Å²) in [7, 11) is 0. The number of para-hydroxylation sites is 1. The maximum absolute atomic E-state index is 4.51. The normalized spacial score (nSPS) is 17.1. The monoisotopic (exact) mass is 240 g/mol. The molecule has 3 nitrogen and oxygen atoms in total. The summed E-state index contributed by atoms with van der Waals surface area (Å²) in [5.74, 6) is 1.01. The number of hydrogen-bond acceptors (Lipinski definition) is 1. The Morgan fingerprint density at radius 3 is 2.61 bits per heavy atom. The molecule has 0 atom stereocenters. The lowest BCUT2D eigenvalue weighted by atomic mass is 10.00. The van der Waals surface area contributed by atoms with Crippen molar-refractivity contribution in [3.05, 3.63) is 42.2 Å². The molecule has 1 aliphatic heterocycles. The van der Waals surface area contributed by atoms with Crippen LogP contribution in [0.3, 0.4) is 0 Å². The minimum Gasteiger partial charge on any atom is -0.220 e. The highest BCUT2D eigenvalue weighted by Gasteiger charge is 2.43. The lowest BCUT2D eigenvalue weighted by Gasteiger charge is -2.16. The minimum atomic E-state index is -0.0197. The van der Waals surface area contributed by atoms with Crippen LogP contribution in [0.1, 0.15) is 26.3 Å². The largest absolute Gasteiger partial charge is 0.404 e. The molecule has 0 spiro atoms. The lowest BCUT2D eigenvalue weighted by Crippen LogP contribution is -2.31. The molecule has 2 heterocycles. The van der Waals surface area contributed by atoms with Crippen LogP contribution in [0.25, 0.3) is 0 Å². The van der Waals surface area contributed by atoms with Crippen molar-refractivity contribution in [1.29, 1.82) is 0 Å². The number of fused-ring (bicyclic) bond motifs is 1. The Balaban J connectivity index is 2.31. The van der Waals surface area contributed by atoms with Gasteiger partial charge in [-0.2, -0.15) is 4.58 Å². The van der Waals surface area contributed by atoms with Crippen molar-refractivity contribution >= 4 is 17.3 Å². The van der Waals surface area contributed by atoms with Crippen LogP contribution in [-0.2, 0) is 5.54 Å². The third kappa shape index (κ3) is 1.30. The van der Waals surface area contributed by atoms with Crippen LogP contribution in [0.15, 0.2) is 36.7 Å². The van der Waals surface area contributed by atoms with E-state index < -0.39 is 0 Å². The van der Waals surface area contributed by atoms with Crippen LogP contribution in [-0.4, -0.2) is 15.3 Å². The van der Waals surface area contributed by atoms with Gasteiger partial charge in [0, 0.05) is 0 Å². The van der Waals surface area contributed by atoms with Gasteiger partial charge in [-0.3, -0.25) is 0 Å². The number of benzene rings is 1. The van der Waals surface area contributed by atoms with Gasteiger partial charge in [0.25, 0.3) is 0 Å². The highest BCUT2D eigenvalue weighted by molar-refractivity contribution is 5.96. The summed E-state index contributed by atoms with van der Waals surface area (Å²) in [4.78, 5) is 4.51. The van der Waals surface area contributed by atoms with Crippen molar-refractivity contribution in [2.75, 3.05) is 0 Å². The summed E-state index contributed by atoms with van der Waals surface area (Å²) in [6.45, 7) is 8.78. The summed E-state index contributed by atoms with van der Waals surface area (Å²) >= 11 is 0. The van der Waals surface area contributed by atoms with Gasteiger partial charge >= 0.3 is 5.95 Å². The van der Waals surface area contributed by atoms with Crippen molar-refractivity contribution in [1.82, 2.24) is 14.1 Å². The molecule has 0 saturated heterocycles. The average molecular weight is 240 g/mol. The first kappa shape index (κ1) is 11.2. The van der Waals surface area contributed by atoms with Gasteiger partial charge < -0.3 is 0 Å². The third-order valence-corrected chi connectivity index (χ3v) is 4.00. The lowest BCUT2D eigenvalue weighted by molar-refractivity contribution is 0.513. The van der Waals surface area contributed by atoms with Gasteiger partial charge in [0.05, 0.1) is 5.71 Å². The van der Waals surface area contributed by atoms with Crippen molar-refractivity contribution in [3.8, 4) is 0 Å². The van der Waals surface area contributed by atoms with Crippen LogP contribution in [0.5, 0.6) is 0 Å². The number of aryl methyl sites for hydroxylation is 1. The second-order valence-corrected chi connectivity index (χ2v) is 5.36. The fourth-order valence-corrected chi connectivity index (χ4v) is 2.60. The Morgan fingerprint density at radius 2 is 1.89 bits per heavy atom. The second-order valence-electron chi connectivity index (χ2n) is 5.36. The van der Waals surface area contributed by atoms with Crippen LogP contribution in [0, 0.1) is 6.92 Å². The molecule has 92 valence electrons. The molecular weight excluding hydrogens is 222 g/mol. The average Bonchev–Trinajstić information content (AvgIpc) is 2.86. The van der Waals surface area contributed by atoms with E-state index in [-0.39, 0.29) is 5.54 Å². The molecule has 1 aromatic heterocycles. The Morgan fingerprint density at radius 1 is 1.17 bits per heavy atom. The molecule has 1 aliphatic rings. The summed E-state index contributed by atoms with van der Waals surface area (Å²) in [5, 5.41) is 0. The van der Waals surface area contributed by atoms with Crippen LogP contribution >= 0.6 is 0 Å². The van der Waals surface area contributed by atoms with Gasteiger partial charge in [0.2, 0.25) is 0 Å². The second kappa shape index (κ2) is 3.55. The Labute approximate surface area is 107 Å². The molecule has 0 fully saturated rings. The summed E-state index contributed by atoms with van der Waals surface area (Å²) in [6.07, 6.45) is 3.92. The predicted octanol–water partition coefficient (Wildman–Crippen LogP) is 3.24. The molecule has 18 heavy (non-hydrogen) atoms. The van der Waals surface area contributed by atoms with Gasteiger partial charge in [0.1, 0.15) is 23.6 Å². The van der Waals surface area contributed by atoms with Crippen molar-refractivity contribution in [2.24, 2.45) is 0 Å². The molecule has 3 heteroatoms. The molecule has 1 aromatic carbocycles. The minimum absolute atomic E-state index is 0.0197. The van der Waals surface area contributed by atoms with Crippen LogP contribution in [0.4, 0.5) is 11.6 Å². The first-order chi connectivity index (χ1) is 8.53. The summed E-state index contributed by atoms with van der Waals surface area (Å²) in [5.41, 5.74) is 3.77. The zero-order chi connectivity index (χ0) is 12.9. The standard InChI is InChI=1S/C15H18N3/c1-11-7-5-6-8-13(11)18-12(2)15(3,4)17-10-9-16-14(17)18/h5-10H,1-4H3/q+1. The van der Waals surface area contributed by atoms with E-state index in [1.165, 1.54) is 17.0 Å². The van der Waals surface area contributed by atoms with E-state index in [9.17, 15) is 0 Å². The summed E-state index contributed by atoms with van der Waals surface area (Å²) < 4.78 is 4.49. The van der Waals surface area contributed by atoms with Crippen molar-refractivity contribution < 1.29 is 0 Å². The number of hydrogen-bond donors (Lipinski definition) is 0. The summed E-state index contributed by atoms with van der Waals surface area (Å²) in [6, 6.07) is 8.44. The molecule has 0 radical (unpaired) electrons. The van der Waals surface area contributed by atoms with E-state index >= 15 is 0 Å². The van der Waals surface area contributed by atoms with Crippen LogP contribution < -0.4 is 4.58 Å². The topological polar surface area (TPSA) is 20.8 Å². The molecule has 0 saturated carbocycles. The molecule has 0 unspecified atom stereocenters. The molecule has 2 aromatic rings. The van der Waals surface area contributed by atoms with Gasteiger partial charge in [-0.05, 0) is 39.3 Å². The Bertz CT molecular complexity index is 647. The maximum atomic E-state index is 4.51. The molecule has 0 bridgehead atoms. The number of imidazole rings is 1. The molecule has 0 N–H and O–H groups in total. The van der Waals surface area contributed by atoms with Crippen LogP contribution in [0.2, 0.25) is 0 Å². The Kier molecular flexibility index (Phi) is 2.21. The quantitative estimate of drug-likeness (QED) is 0.701.